The number of nitrogens with two attached hydrogens (primary N) is 1. The standard InChI is InChI=1S/C11H11ClFN3/c12-10-2-1-3-11(13)9(10)7-16-6-8(4-14)5-15-16/h1-3,5-6H,4,7,14H2. The SMILES string of the molecule is NCc1cnn(Cc2c(F)cccc2Cl)c1. The van der Waals surface area contributed by atoms with E-state index in [4.69, 9.17) is 17.3 Å². The average Bonchev–Trinajstić information content (AvgIpc) is 2.71. The van der Waals surface area contributed by atoms with Crippen LogP contribution in [-0.4, -0.2) is 9.78 Å². The molecule has 0 saturated heterocycles. The van der Waals surface area contributed by atoms with Crippen molar-refractivity contribution in [3.63, 3.8) is 0 Å². The summed E-state index contributed by atoms with van der Waals surface area (Å²) >= 11 is 5.91. The van der Waals surface area contributed by atoms with E-state index in [-0.39, 0.29) is 5.82 Å². The average molecular weight is 240 g/mol. The zero-order valence-corrected chi connectivity index (χ0v) is 9.28. The van der Waals surface area contributed by atoms with Crippen LogP contribution < -0.4 is 5.73 Å². The molecule has 0 fully saturated rings. The van der Waals surface area contributed by atoms with Gasteiger partial charge in [0.25, 0.3) is 0 Å². The number of hydrogen-bond donors (Lipinski definition) is 1. The molecule has 0 spiro atoms. The van der Waals surface area contributed by atoms with Gasteiger partial charge in [0.2, 0.25) is 0 Å². The van der Waals surface area contributed by atoms with Crippen LogP contribution in [0.2, 0.25) is 5.02 Å². The molecule has 0 aliphatic carbocycles. The Bertz CT molecular complexity index is 475. The monoisotopic (exact) mass is 239 g/mol. The van der Waals surface area contributed by atoms with Gasteiger partial charge in [0, 0.05) is 28.9 Å². The summed E-state index contributed by atoms with van der Waals surface area (Å²) < 4.78 is 15.1. The van der Waals surface area contributed by atoms with Gasteiger partial charge in [0.05, 0.1) is 12.7 Å². The molecule has 0 unspecified atom stereocenters. The van der Waals surface area contributed by atoms with Crippen molar-refractivity contribution in [2.24, 2.45) is 5.73 Å². The Morgan fingerprint density at radius 1 is 1.44 bits per heavy atom. The Hall–Kier alpha value is -1.39. The van der Waals surface area contributed by atoms with Gasteiger partial charge in [-0.15, -0.1) is 0 Å². The second-order valence-corrected chi connectivity index (χ2v) is 3.86. The van der Waals surface area contributed by atoms with Crippen molar-refractivity contribution < 1.29 is 4.39 Å². The summed E-state index contributed by atoms with van der Waals surface area (Å²) in [6.07, 6.45) is 3.44. The first-order valence-corrected chi connectivity index (χ1v) is 5.23. The third-order valence-corrected chi connectivity index (χ3v) is 2.66. The number of benzene rings is 1. The number of hydrogen-bond acceptors (Lipinski definition) is 2. The lowest BCUT2D eigenvalue weighted by molar-refractivity contribution is 0.585. The molecule has 0 aliphatic rings. The van der Waals surface area contributed by atoms with Gasteiger partial charge < -0.3 is 5.73 Å². The van der Waals surface area contributed by atoms with Gasteiger partial charge in [0.15, 0.2) is 0 Å². The van der Waals surface area contributed by atoms with Gasteiger partial charge in [-0.2, -0.15) is 5.10 Å². The molecular formula is C11H11ClFN3. The Balaban J connectivity index is 2.26. The molecule has 2 aromatic rings. The number of rotatable bonds is 3. The highest BCUT2D eigenvalue weighted by Crippen LogP contribution is 2.19. The van der Waals surface area contributed by atoms with Crippen LogP contribution >= 0.6 is 11.6 Å². The van der Waals surface area contributed by atoms with E-state index in [9.17, 15) is 4.39 Å². The molecule has 0 radical (unpaired) electrons. The highest BCUT2D eigenvalue weighted by molar-refractivity contribution is 6.31. The molecule has 0 saturated carbocycles. The Morgan fingerprint density at radius 3 is 2.88 bits per heavy atom. The zero-order valence-electron chi connectivity index (χ0n) is 8.53. The van der Waals surface area contributed by atoms with Crippen LogP contribution in [-0.2, 0) is 13.1 Å². The van der Waals surface area contributed by atoms with E-state index in [0.717, 1.165) is 5.56 Å². The first kappa shape index (κ1) is 11.1. The van der Waals surface area contributed by atoms with E-state index in [1.165, 1.54) is 6.07 Å². The van der Waals surface area contributed by atoms with Crippen LogP contribution in [0.25, 0.3) is 0 Å². The molecule has 2 rings (SSSR count). The van der Waals surface area contributed by atoms with E-state index >= 15 is 0 Å². The summed E-state index contributed by atoms with van der Waals surface area (Å²) in [5.74, 6) is -0.322. The molecule has 5 heteroatoms. The Labute approximate surface area is 97.6 Å². The van der Waals surface area contributed by atoms with Gasteiger partial charge in [-0.25, -0.2) is 4.39 Å². The van der Waals surface area contributed by atoms with Gasteiger partial charge in [0.1, 0.15) is 5.82 Å². The van der Waals surface area contributed by atoms with E-state index in [1.54, 1.807) is 29.2 Å². The van der Waals surface area contributed by atoms with Crippen molar-refractivity contribution in [2.75, 3.05) is 0 Å². The van der Waals surface area contributed by atoms with Crippen LogP contribution in [0.5, 0.6) is 0 Å². The quantitative estimate of drug-likeness (QED) is 0.892. The van der Waals surface area contributed by atoms with Crippen LogP contribution in [0.15, 0.2) is 30.6 Å². The normalized spacial score (nSPS) is 10.7. The molecule has 0 aliphatic heterocycles. The maximum absolute atomic E-state index is 13.5. The maximum atomic E-state index is 13.5. The predicted molar refractivity (Wildman–Crippen MR) is 60.6 cm³/mol. The van der Waals surface area contributed by atoms with Gasteiger partial charge in [-0.3, -0.25) is 4.68 Å². The highest BCUT2D eigenvalue weighted by atomic mass is 35.5. The lowest BCUT2D eigenvalue weighted by Crippen LogP contribution is -2.03. The summed E-state index contributed by atoms with van der Waals surface area (Å²) in [5, 5.41) is 4.48. The van der Waals surface area contributed by atoms with Gasteiger partial charge in [-0.05, 0) is 12.1 Å². The molecule has 16 heavy (non-hydrogen) atoms. The van der Waals surface area contributed by atoms with Crippen molar-refractivity contribution in [1.29, 1.82) is 0 Å². The highest BCUT2D eigenvalue weighted by Gasteiger charge is 2.08. The second kappa shape index (κ2) is 4.63. The Kier molecular flexibility index (Phi) is 3.22. The molecular weight excluding hydrogens is 229 g/mol. The minimum absolute atomic E-state index is 0.311. The molecule has 1 aromatic heterocycles. The van der Waals surface area contributed by atoms with E-state index in [0.29, 0.717) is 23.7 Å². The molecule has 3 nitrogen and oxygen atoms in total. The summed E-state index contributed by atoms with van der Waals surface area (Å²) in [7, 11) is 0. The van der Waals surface area contributed by atoms with E-state index in [2.05, 4.69) is 5.10 Å². The van der Waals surface area contributed by atoms with Crippen molar-refractivity contribution in [2.45, 2.75) is 13.1 Å². The molecule has 0 atom stereocenters. The number of halogens is 2. The topological polar surface area (TPSA) is 43.8 Å². The van der Waals surface area contributed by atoms with Crippen LogP contribution in [0, 0.1) is 5.82 Å². The summed E-state index contributed by atoms with van der Waals surface area (Å²) in [6.45, 7) is 0.733. The maximum Gasteiger partial charge on any atom is 0.129 e. The van der Waals surface area contributed by atoms with Crippen LogP contribution in [0.3, 0.4) is 0 Å². The molecule has 1 heterocycles. The second-order valence-electron chi connectivity index (χ2n) is 3.45. The summed E-state index contributed by atoms with van der Waals surface area (Å²) in [4.78, 5) is 0. The van der Waals surface area contributed by atoms with E-state index in [1.807, 2.05) is 0 Å². The number of aromatic nitrogens is 2. The lowest BCUT2D eigenvalue weighted by Gasteiger charge is -2.05. The largest absolute Gasteiger partial charge is 0.326 e. The van der Waals surface area contributed by atoms with Crippen molar-refractivity contribution in [1.82, 2.24) is 9.78 Å². The molecule has 84 valence electrons. The minimum Gasteiger partial charge on any atom is -0.326 e. The first-order chi connectivity index (χ1) is 7.70. The van der Waals surface area contributed by atoms with Crippen molar-refractivity contribution in [3.8, 4) is 0 Å². The third kappa shape index (κ3) is 2.23. The minimum atomic E-state index is -0.322. The van der Waals surface area contributed by atoms with Crippen molar-refractivity contribution in [3.05, 3.63) is 52.6 Å². The summed E-state index contributed by atoms with van der Waals surface area (Å²) in [6, 6.07) is 4.62. The fourth-order valence-corrected chi connectivity index (χ4v) is 1.67. The van der Waals surface area contributed by atoms with Crippen molar-refractivity contribution >= 4 is 11.6 Å². The lowest BCUT2D eigenvalue weighted by atomic mass is 10.2. The zero-order chi connectivity index (χ0) is 11.5. The van der Waals surface area contributed by atoms with E-state index < -0.39 is 0 Å². The molecule has 0 amide bonds. The fraction of sp³-hybridized carbons (Fsp3) is 0.182. The van der Waals surface area contributed by atoms with Crippen LogP contribution in [0.1, 0.15) is 11.1 Å². The predicted octanol–water partition coefficient (Wildman–Crippen LogP) is 2.18. The first-order valence-electron chi connectivity index (χ1n) is 4.85. The number of nitrogens with zero attached hydrogens (tertiary/aromatic N) is 2. The van der Waals surface area contributed by atoms with Gasteiger partial charge in [-0.1, -0.05) is 17.7 Å². The third-order valence-electron chi connectivity index (χ3n) is 2.30. The molecule has 1 aromatic carbocycles. The molecule has 0 bridgehead atoms. The smallest absolute Gasteiger partial charge is 0.129 e. The summed E-state index contributed by atoms with van der Waals surface area (Å²) in [5.41, 5.74) is 6.81. The van der Waals surface area contributed by atoms with Gasteiger partial charge >= 0.3 is 0 Å². The van der Waals surface area contributed by atoms with Crippen LogP contribution in [0.4, 0.5) is 4.39 Å². The Morgan fingerprint density at radius 2 is 2.25 bits per heavy atom. The molecule has 2 N–H and O–H groups in total. The fourth-order valence-electron chi connectivity index (χ4n) is 1.44.